The first-order chi connectivity index (χ1) is 8.90. The summed E-state index contributed by atoms with van der Waals surface area (Å²) in [5.74, 6) is -0.299. The van der Waals surface area contributed by atoms with Gasteiger partial charge in [-0.1, -0.05) is 18.7 Å². The molecule has 0 spiro atoms. The molecule has 1 aromatic carbocycles. The third kappa shape index (κ3) is 4.83. The lowest BCUT2D eigenvalue weighted by Gasteiger charge is -2.17. The second kappa shape index (κ2) is 6.58. The normalized spacial score (nSPS) is 11.3. The molecule has 0 radical (unpaired) electrons. The summed E-state index contributed by atoms with van der Waals surface area (Å²) in [7, 11) is 0. The molecule has 0 saturated heterocycles. The highest BCUT2D eigenvalue weighted by Gasteiger charge is 2.13. The summed E-state index contributed by atoms with van der Waals surface area (Å²) in [6.45, 7) is 8.03. The monoisotopic (exact) mass is 263 g/mol. The predicted molar refractivity (Wildman–Crippen MR) is 71.7 cm³/mol. The molecular weight excluding hydrogens is 246 g/mol. The van der Waals surface area contributed by atoms with Gasteiger partial charge in [-0.25, -0.2) is 4.79 Å². The van der Waals surface area contributed by atoms with Crippen molar-refractivity contribution in [2.75, 3.05) is 5.32 Å². The molecule has 1 rings (SSSR count). The number of anilines is 1. The second-order valence-corrected chi connectivity index (χ2v) is 4.05. The lowest BCUT2D eigenvalue weighted by molar-refractivity contribution is -0.156. The maximum atomic E-state index is 11.3. The van der Waals surface area contributed by atoms with Crippen molar-refractivity contribution in [1.29, 1.82) is 0 Å². The van der Waals surface area contributed by atoms with Crippen LogP contribution in [-0.2, 0) is 14.3 Å². The van der Waals surface area contributed by atoms with Crippen LogP contribution in [0.5, 0.6) is 5.75 Å². The fraction of sp³-hybridized carbons (Fsp3) is 0.286. The minimum Gasteiger partial charge on any atom is -0.453 e. The van der Waals surface area contributed by atoms with E-state index in [1.807, 2.05) is 0 Å². The Labute approximate surface area is 112 Å². The van der Waals surface area contributed by atoms with Crippen molar-refractivity contribution in [1.82, 2.24) is 0 Å². The standard InChI is InChI=1S/C14H17NO4/c1-9(2)14(17)19-11(4)18-13-8-6-5-7-12(13)15-10(3)16/h5-8,11H,1H2,2-4H3,(H,15,16). The Balaban J connectivity index is 2.73. The van der Waals surface area contributed by atoms with Crippen molar-refractivity contribution in [2.45, 2.75) is 27.1 Å². The smallest absolute Gasteiger partial charge is 0.336 e. The largest absolute Gasteiger partial charge is 0.453 e. The molecule has 1 N–H and O–H groups in total. The number of rotatable bonds is 5. The summed E-state index contributed by atoms with van der Waals surface area (Å²) in [5.41, 5.74) is 0.818. The average Bonchev–Trinajstić information content (AvgIpc) is 2.30. The van der Waals surface area contributed by atoms with Gasteiger partial charge in [0.2, 0.25) is 12.2 Å². The van der Waals surface area contributed by atoms with Crippen LogP contribution in [0.2, 0.25) is 0 Å². The number of nitrogens with one attached hydrogen (secondary N) is 1. The van der Waals surface area contributed by atoms with Crippen LogP contribution < -0.4 is 10.1 Å². The Morgan fingerprint density at radius 2 is 1.89 bits per heavy atom. The van der Waals surface area contributed by atoms with Gasteiger partial charge in [-0.2, -0.15) is 0 Å². The highest BCUT2D eigenvalue weighted by Crippen LogP contribution is 2.25. The van der Waals surface area contributed by atoms with Gasteiger partial charge < -0.3 is 14.8 Å². The Kier molecular flexibility index (Phi) is 5.11. The molecule has 1 aromatic rings. The Hall–Kier alpha value is -2.30. The molecule has 0 saturated carbocycles. The van der Waals surface area contributed by atoms with Crippen LogP contribution in [0.1, 0.15) is 20.8 Å². The minimum absolute atomic E-state index is 0.206. The lowest BCUT2D eigenvalue weighted by atomic mass is 10.3. The molecule has 0 heterocycles. The van der Waals surface area contributed by atoms with Gasteiger partial charge in [0.15, 0.2) is 0 Å². The summed E-state index contributed by atoms with van der Waals surface area (Å²) < 4.78 is 10.5. The summed E-state index contributed by atoms with van der Waals surface area (Å²) in [6.07, 6.45) is -0.779. The van der Waals surface area contributed by atoms with Crippen molar-refractivity contribution in [2.24, 2.45) is 0 Å². The Morgan fingerprint density at radius 1 is 1.26 bits per heavy atom. The average molecular weight is 263 g/mol. The molecule has 19 heavy (non-hydrogen) atoms. The third-order valence-electron chi connectivity index (χ3n) is 2.11. The predicted octanol–water partition coefficient (Wildman–Crippen LogP) is 2.49. The molecule has 5 heteroatoms. The molecule has 1 atom stereocenters. The number of benzene rings is 1. The fourth-order valence-electron chi connectivity index (χ4n) is 1.32. The number of para-hydroxylation sites is 2. The molecule has 0 bridgehead atoms. The van der Waals surface area contributed by atoms with Gasteiger partial charge in [0, 0.05) is 19.4 Å². The van der Waals surface area contributed by atoms with E-state index in [0.29, 0.717) is 17.0 Å². The SMILES string of the molecule is C=C(C)C(=O)OC(C)Oc1ccccc1NC(C)=O. The van der Waals surface area contributed by atoms with Crippen molar-refractivity contribution >= 4 is 17.6 Å². The van der Waals surface area contributed by atoms with Gasteiger partial charge in [-0.15, -0.1) is 0 Å². The first-order valence-corrected chi connectivity index (χ1v) is 5.80. The zero-order valence-electron chi connectivity index (χ0n) is 11.2. The Bertz CT molecular complexity index is 496. The molecule has 0 aromatic heterocycles. The number of carbonyl (C=O) groups is 2. The second-order valence-electron chi connectivity index (χ2n) is 4.05. The van der Waals surface area contributed by atoms with Crippen LogP contribution in [0.4, 0.5) is 5.69 Å². The number of hydrogen-bond donors (Lipinski definition) is 1. The quantitative estimate of drug-likeness (QED) is 0.503. The van der Waals surface area contributed by atoms with Gasteiger partial charge in [0.25, 0.3) is 0 Å². The molecule has 1 amide bonds. The maximum absolute atomic E-state index is 11.3. The van der Waals surface area contributed by atoms with Gasteiger partial charge in [0.1, 0.15) is 5.75 Å². The van der Waals surface area contributed by atoms with E-state index in [1.54, 1.807) is 38.1 Å². The topological polar surface area (TPSA) is 64.6 Å². The fourth-order valence-corrected chi connectivity index (χ4v) is 1.32. The molecular formula is C14H17NO4. The van der Waals surface area contributed by atoms with Crippen LogP contribution in [0.15, 0.2) is 36.4 Å². The molecule has 0 fully saturated rings. The number of amides is 1. The van der Waals surface area contributed by atoms with E-state index in [9.17, 15) is 9.59 Å². The highest BCUT2D eigenvalue weighted by atomic mass is 16.7. The summed E-state index contributed by atoms with van der Waals surface area (Å²) >= 11 is 0. The minimum atomic E-state index is -0.779. The van der Waals surface area contributed by atoms with Crippen molar-refractivity contribution in [3.63, 3.8) is 0 Å². The molecule has 0 aliphatic carbocycles. The first-order valence-electron chi connectivity index (χ1n) is 5.80. The van der Waals surface area contributed by atoms with Gasteiger partial charge in [-0.3, -0.25) is 4.79 Å². The summed E-state index contributed by atoms with van der Waals surface area (Å²) in [6, 6.07) is 6.90. The summed E-state index contributed by atoms with van der Waals surface area (Å²) in [4.78, 5) is 22.4. The number of esters is 1. The van der Waals surface area contributed by atoms with E-state index < -0.39 is 12.3 Å². The van der Waals surface area contributed by atoms with Gasteiger partial charge >= 0.3 is 5.97 Å². The van der Waals surface area contributed by atoms with Crippen LogP contribution in [0.3, 0.4) is 0 Å². The van der Waals surface area contributed by atoms with E-state index >= 15 is 0 Å². The summed E-state index contributed by atoms with van der Waals surface area (Å²) in [5, 5.41) is 2.63. The first kappa shape index (κ1) is 14.8. The molecule has 1 unspecified atom stereocenters. The van der Waals surface area contributed by atoms with Gasteiger partial charge in [-0.05, 0) is 19.1 Å². The third-order valence-corrected chi connectivity index (χ3v) is 2.11. The van der Waals surface area contributed by atoms with Crippen molar-refractivity contribution in [3.8, 4) is 5.75 Å². The van der Waals surface area contributed by atoms with E-state index in [4.69, 9.17) is 9.47 Å². The van der Waals surface area contributed by atoms with E-state index in [1.165, 1.54) is 6.92 Å². The van der Waals surface area contributed by atoms with E-state index in [2.05, 4.69) is 11.9 Å². The number of ether oxygens (including phenoxy) is 2. The van der Waals surface area contributed by atoms with Crippen molar-refractivity contribution in [3.05, 3.63) is 36.4 Å². The molecule has 0 aliphatic rings. The highest BCUT2D eigenvalue weighted by molar-refractivity contribution is 5.90. The zero-order chi connectivity index (χ0) is 14.4. The van der Waals surface area contributed by atoms with Crippen LogP contribution in [0.25, 0.3) is 0 Å². The molecule has 0 aliphatic heterocycles. The van der Waals surface area contributed by atoms with Crippen LogP contribution >= 0.6 is 0 Å². The molecule has 102 valence electrons. The lowest BCUT2D eigenvalue weighted by Crippen LogP contribution is -2.22. The van der Waals surface area contributed by atoms with Crippen molar-refractivity contribution < 1.29 is 19.1 Å². The van der Waals surface area contributed by atoms with E-state index in [0.717, 1.165) is 0 Å². The van der Waals surface area contributed by atoms with Gasteiger partial charge in [0.05, 0.1) is 5.69 Å². The van der Waals surface area contributed by atoms with Crippen LogP contribution in [0, 0.1) is 0 Å². The number of carbonyl (C=O) groups excluding carboxylic acids is 2. The zero-order valence-corrected chi connectivity index (χ0v) is 11.2. The molecule has 5 nitrogen and oxygen atoms in total. The maximum Gasteiger partial charge on any atom is 0.336 e. The van der Waals surface area contributed by atoms with E-state index in [-0.39, 0.29) is 5.91 Å². The Morgan fingerprint density at radius 3 is 2.47 bits per heavy atom. The number of hydrogen-bond acceptors (Lipinski definition) is 4. The van der Waals surface area contributed by atoms with Crippen LogP contribution in [-0.4, -0.2) is 18.2 Å².